The Morgan fingerprint density at radius 1 is 1.17 bits per heavy atom. The van der Waals surface area contributed by atoms with Crippen molar-refractivity contribution in [3.8, 4) is 5.69 Å². The minimum atomic E-state index is 0.0297. The fraction of sp³-hybridized carbons (Fsp3) is 0.391. The molecule has 0 spiro atoms. The van der Waals surface area contributed by atoms with E-state index in [1.807, 2.05) is 49.1 Å². The zero-order chi connectivity index (χ0) is 21.1. The first-order valence-electron chi connectivity index (χ1n) is 10.5. The van der Waals surface area contributed by atoms with Crippen LogP contribution in [-0.4, -0.2) is 49.9 Å². The van der Waals surface area contributed by atoms with Crippen LogP contribution < -0.4 is 5.32 Å². The Bertz CT molecular complexity index is 1020. The summed E-state index contributed by atoms with van der Waals surface area (Å²) in [6.07, 6.45) is 7.16. The molecule has 2 atom stereocenters. The van der Waals surface area contributed by atoms with E-state index in [0.717, 1.165) is 36.3 Å². The lowest BCUT2D eigenvalue weighted by molar-refractivity contribution is 0.0539. The molecule has 3 heterocycles. The van der Waals surface area contributed by atoms with Gasteiger partial charge >= 0.3 is 0 Å². The van der Waals surface area contributed by atoms with Gasteiger partial charge in [0, 0.05) is 19.3 Å². The Morgan fingerprint density at radius 2 is 1.97 bits per heavy atom. The number of nitrogens with zero attached hydrogens (tertiary/aromatic N) is 5. The summed E-state index contributed by atoms with van der Waals surface area (Å²) in [4.78, 5) is 21.7. The number of carbonyl (C=O) groups is 1. The molecule has 0 radical (unpaired) electrons. The lowest BCUT2D eigenvalue weighted by atomic mass is 9.89. The first kappa shape index (κ1) is 20.1. The second-order valence-corrected chi connectivity index (χ2v) is 8.07. The highest BCUT2D eigenvalue weighted by atomic mass is 16.2. The number of nitrogens with one attached hydrogen (secondary N) is 1. The number of pyridine rings is 1. The average Bonchev–Trinajstić information content (AvgIpc) is 3.28. The summed E-state index contributed by atoms with van der Waals surface area (Å²) < 4.78 is 0. The van der Waals surface area contributed by atoms with E-state index >= 15 is 0 Å². The minimum absolute atomic E-state index is 0.0297. The van der Waals surface area contributed by atoms with Crippen molar-refractivity contribution in [1.82, 2.24) is 24.9 Å². The number of aryl methyl sites for hydroxylation is 2. The summed E-state index contributed by atoms with van der Waals surface area (Å²) in [5.41, 5.74) is 3.49. The summed E-state index contributed by atoms with van der Waals surface area (Å²) in [7, 11) is 0. The van der Waals surface area contributed by atoms with Gasteiger partial charge in [-0.2, -0.15) is 15.0 Å². The Labute approximate surface area is 177 Å². The molecule has 1 fully saturated rings. The third-order valence-electron chi connectivity index (χ3n) is 5.88. The van der Waals surface area contributed by atoms with Crippen LogP contribution in [-0.2, 0) is 0 Å². The van der Waals surface area contributed by atoms with E-state index in [9.17, 15) is 4.79 Å². The second-order valence-electron chi connectivity index (χ2n) is 8.07. The number of benzene rings is 1. The van der Waals surface area contributed by atoms with Gasteiger partial charge in [-0.1, -0.05) is 24.6 Å². The number of hydrogen-bond donors (Lipinski definition) is 1. The molecule has 7 nitrogen and oxygen atoms in total. The molecule has 1 aliphatic heterocycles. The van der Waals surface area contributed by atoms with Crippen LogP contribution >= 0.6 is 0 Å². The van der Waals surface area contributed by atoms with E-state index in [4.69, 9.17) is 0 Å². The third kappa shape index (κ3) is 4.06. The molecule has 1 aromatic carbocycles. The van der Waals surface area contributed by atoms with Crippen molar-refractivity contribution in [1.29, 1.82) is 0 Å². The van der Waals surface area contributed by atoms with Crippen LogP contribution in [0.4, 0.5) is 5.82 Å². The molecule has 0 unspecified atom stereocenters. The number of piperidine rings is 1. The van der Waals surface area contributed by atoms with E-state index in [1.165, 1.54) is 4.80 Å². The molecule has 0 bridgehead atoms. The molecule has 156 valence electrons. The van der Waals surface area contributed by atoms with Crippen LogP contribution in [0.25, 0.3) is 5.69 Å². The monoisotopic (exact) mass is 404 g/mol. The highest BCUT2D eigenvalue weighted by Crippen LogP contribution is 2.27. The van der Waals surface area contributed by atoms with Gasteiger partial charge in [-0.3, -0.25) is 4.79 Å². The topological polar surface area (TPSA) is 75.9 Å². The fourth-order valence-corrected chi connectivity index (χ4v) is 4.17. The molecule has 1 N–H and O–H groups in total. The fourth-order valence-electron chi connectivity index (χ4n) is 4.17. The van der Waals surface area contributed by atoms with Gasteiger partial charge in [-0.25, -0.2) is 4.98 Å². The summed E-state index contributed by atoms with van der Waals surface area (Å²) >= 11 is 0. The van der Waals surface area contributed by atoms with Gasteiger partial charge in [-0.15, -0.1) is 0 Å². The molecule has 0 saturated carbocycles. The number of carbonyl (C=O) groups excluding carboxylic acids is 1. The normalized spacial score (nSPS) is 19.0. The highest BCUT2D eigenvalue weighted by molar-refractivity contribution is 5.98. The van der Waals surface area contributed by atoms with Crippen molar-refractivity contribution in [2.45, 2.75) is 39.7 Å². The number of rotatable bonds is 5. The van der Waals surface area contributed by atoms with Gasteiger partial charge in [0.2, 0.25) is 0 Å². The quantitative estimate of drug-likeness (QED) is 0.703. The molecule has 1 amide bonds. The zero-order valence-corrected chi connectivity index (χ0v) is 17.7. The molecule has 2 aromatic heterocycles. The summed E-state index contributed by atoms with van der Waals surface area (Å²) in [6, 6.07) is 9.90. The van der Waals surface area contributed by atoms with Crippen LogP contribution in [0.1, 0.15) is 41.3 Å². The molecular weight excluding hydrogens is 376 g/mol. The molecule has 1 aliphatic rings. The Morgan fingerprint density at radius 3 is 2.73 bits per heavy atom. The smallest absolute Gasteiger partial charge is 0.256 e. The number of likely N-dealkylation sites (tertiary alicyclic amines) is 1. The van der Waals surface area contributed by atoms with Crippen LogP contribution in [0.15, 0.2) is 48.9 Å². The van der Waals surface area contributed by atoms with Crippen molar-refractivity contribution in [2.75, 3.05) is 18.4 Å². The lowest BCUT2D eigenvalue weighted by Crippen LogP contribution is -2.51. The maximum absolute atomic E-state index is 13.7. The van der Waals surface area contributed by atoms with E-state index in [-0.39, 0.29) is 11.9 Å². The highest BCUT2D eigenvalue weighted by Gasteiger charge is 2.33. The van der Waals surface area contributed by atoms with Crippen molar-refractivity contribution in [3.63, 3.8) is 0 Å². The number of hydrogen-bond acceptors (Lipinski definition) is 5. The molecule has 1 saturated heterocycles. The SMILES string of the molecule is Cc1ccc(-n2nccn2)c(C(=O)N2CCC[C@@H](C)[C@H]2CNc2ncccc2C)c1. The Balaban J connectivity index is 1.62. The molecule has 7 heteroatoms. The van der Waals surface area contributed by atoms with E-state index in [0.29, 0.717) is 23.7 Å². The standard InChI is InChI=1S/C23H28N6O/c1-16-8-9-20(29-26-11-12-27-29)19(14-16)23(30)28-13-5-7-17(2)21(28)15-25-22-18(3)6-4-10-24-22/h4,6,8-12,14,17,21H,5,7,13,15H2,1-3H3,(H,24,25)/t17-,21-/m1/s1. The first-order chi connectivity index (χ1) is 14.5. The van der Waals surface area contributed by atoms with E-state index < -0.39 is 0 Å². The molecule has 3 aromatic rings. The summed E-state index contributed by atoms with van der Waals surface area (Å²) in [5, 5.41) is 11.9. The van der Waals surface area contributed by atoms with Crippen LogP contribution in [0, 0.1) is 19.8 Å². The second kappa shape index (κ2) is 8.65. The molecule has 4 rings (SSSR count). The van der Waals surface area contributed by atoms with Gasteiger partial charge in [-0.05, 0) is 56.4 Å². The summed E-state index contributed by atoms with van der Waals surface area (Å²) in [6.45, 7) is 7.68. The van der Waals surface area contributed by atoms with E-state index in [1.54, 1.807) is 18.6 Å². The number of amides is 1. The predicted molar refractivity (Wildman–Crippen MR) is 117 cm³/mol. The summed E-state index contributed by atoms with van der Waals surface area (Å²) in [5.74, 6) is 1.30. The molecular formula is C23H28N6O. The molecule has 30 heavy (non-hydrogen) atoms. The minimum Gasteiger partial charge on any atom is -0.368 e. The van der Waals surface area contributed by atoms with Gasteiger partial charge in [0.15, 0.2) is 0 Å². The van der Waals surface area contributed by atoms with Gasteiger partial charge in [0.25, 0.3) is 5.91 Å². The van der Waals surface area contributed by atoms with E-state index in [2.05, 4.69) is 27.4 Å². The van der Waals surface area contributed by atoms with Crippen LogP contribution in [0.3, 0.4) is 0 Å². The predicted octanol–water partition coefficient (Wildman–Crippen LogP) is 3.63. The van der Waals surface area contributed by atoms with Gasteiger partial charge in [0.05, 0.1) is 29.7 Å². The Hall–Kier alpha value is -3.22. The largest absolute Gasteiger partial charge is 0.368 e. The lowest BCUT2D eigenvalue weighted by Gasteiger charge is -2.40. The van der Waals surface area contributed by atoms with Crippen LogP contribution in [0.2, 0.25) is 0 Å². The third-order valence-corrected chi connectivity index (χ3v) is 5.88. The maximum Gasteiger partial charge on any atom is 0.256 e. The number of aromatic nitrogens is 4. The van der Waals surface area contributed by atoms with Crippen molar-refractivity contribution < 1.29 is 4.79 Å². The number of anilines is 1. The average molecular weight is 405 g/mol. The first-order valence-corrected chi connectivity index (χ1v) is 10.5. The van der Waals surface area contributed by atoms with Gasteiger partial charge < -0.3 is 10.2 Å². The Kier molecular flexibility index (Phi) is 5.79. The maximum atomic E-state index is 13.7. The van der Waals surface area contributed by atoms with Crippen LogP contribution in [0.5, 0.6) is 0 Å². The molecule has 0 aliphatic carbocycles. The van der Waals surface area contributed by atoms with Crippen molar-refractivity contribution in [3.05, 3.63) is 65.6 Å². The zero-order valence-electron chi connectivity index (χ0n) is 17.7. The van der Waals surface area contributed by atoms with Gasteiger partial charge in [0.1, 0.15) is 5.82 Å². The van der Waals surface area contributed by atoms with Crippen molar-refractivity contribution in [2.24, 2.45) is 5.92 Å². The van der Waals surface area contributed by atoms with Crippen molar-refractivity contribution >= 4 is 11.7 Å².